The minimum absolute atomic E-state index is 0.127. The van der Waals surface area contributed by atoms with Crippen molar-refractivity contribution in [1.29, 1.82) is 0 Å². The van der Waals surface area contributed by atoms with Crippen LogP contribution in [0.25, 0.3) is 72.0 Å². The summed E-state index contributed by atoms with van der Waals surface area (Å²) in [4.78, 5) is 1.54. The molecule has 0 spiro atoms. The van der Waals surface area contributed by atoms with E-state index < -0.39 is 0 Å². The van der Waals surface area contributed by atoms with Crippen LogP contribution in [0.2, 0.25) is 0 Å². The smallest absolute Gasteiger partial charge is 0.0541 e. The number of hydrogen-bond acceptors (Lipinski definition) is 1. The Morgan fingerprint density at radius 3 is 2.30 bits per heavy atom. The number of nitrogens with zero attached hydrogens (tertiary/aromatic N) is 1. The lowest BCUT2D eigenvalue weighted by Gasteiger charge is -2.24. The fraction of sp³-hybridized carbons (Fsp3) is 0.222. The molecule has 7 aromatic rings. The van der Waals surface area contributed by atoms with Gasteiger partial charge < -0.3 is 4.57 Å². The first kappa shape index (κ1) is 37.3. The molecular weight excluding hydrogens is 695 g/mol. The Balaban J connectivity index is 0.00000217. The monoisotopic (exact) mass is 745 g/mol. The van der Waals surface area contributed by atoms with E-state index in [2.05, 4.69) is 193 Å². The van der Waals surface area contributed by atoms with Crippen molar-refractivity contribution in [2.24, 2.45) is 5.92 Å². The lowest BCUT2D eigenvalue weighted by Crippen LogP contribution is -2.16. The molecule has 0 bridgehead atoms. The first-order valence-corrected chi connectivity index (χ1v) is 20.9. The SMILES string of the molecule is C#C.C/C=C\C(=C/C)c1ccc2c(c1)c1cc(/C(=C/c3ccccc3C)C(C)CC)ccc1n2-c1ccc2c(c1)C(C)(C)c1c-2ccc2sc3c(c12)C=CCC3. The van der Waals surface area contributed by atoms with E-state index in [0.29, 0.717) is 5.92 Å². The molecule has 2 heterocycles. The molecule has 278 valence electrons. The highest BCUT2D eigenvalue weighted by atomic mass is 32.1. The Hall–Kier alpha value is -5.62. The minimum atomic E-state index is -0.127. The molecule has 56 heavy (non-hydrogen) atoms. The fourth-order valence-corrected chi connectivity index (χ4v) is 10.5. The molecule has 2 aliphatic carbocycles. The van der Waals surface area contributed by atoms with Gasteiger partial charge in [-0.2, -0.15) is 0 Å². The van der Waals surface area contributed by atoms with Gasteiger partial charge in [-0.3, -0.25) is 0 Å². The van der Waals surface area contributed by atoms with Gasteiger partial charge in [0.25, 0.3) is 0 Å². The third-order valence-corrected chi connectivity index (χ3v) is 13.6. The van der Waals surface area contributed by atoms with E-state index in [1.165, 1.54) is 104 Å². The zero-order chi connectivity index (χ0) is 39.3. The van der Waals surface area contributed by atoms with Gasteiger partial charge in [0.15, 0.2) is 0 Å². The summed E-state index contributed by atoms with van der Waals surface area (Å²) in [7, 11) is 0. The molecule has 0 saturated heterocycles. The summed E-state index contributed by atoms with van der Waals surface area (Å²) in [5.41, 5.74) is 18.5. The molecule has 0 amide bonds. The van der Waals surface area contributed by atoms with Gasteiger partial charge in [-0.25, -0.2) is 0 Å². The molecule has 0 fully saturated rings. The molecule has 0 radical (unpaired) electrons. The lowest BCUT2D eigenvalue weighted by molar-refractivity contribution is 0.665. The van der Waals surface area contributed by atoms with Crippen LogP contribution in [0.5, 0.6) is 0 Å². The summed E-state index contributed by atoms with van der Waals surface area (Å²) in [5.74, 6) is 0.423. The van der Waals surface area contributed by atoms with Crippen molar-refractivity contribution in [1.82, 2.24) is 4.57 Å². The third kappa shape index (κ3) is 5.93. The van der Waals surface area contributed by atoms with E-state index in [1.807, 2.05) is 11.3 Å². The zero-order valence-electron chi connectivity index (χ0n) is 33.8. The van der Waals surface area contributed by atoms with Crippen LogP contribution in [0.15, 0.2) is 115 Å². The van der Waals surface area contributed by atoms with Crippen molar-refractivity contribution >= 4 is 66.5 Å². The van der Waals surface area contributed by atoms with Crippen LogP contribution in [0, 0.1) is 25.7 Å². The van der Waals surface area contributed by atoms with Gasteiger partial charge in [0, 0.05) is 36.8 Å². The van der Waals surface area contributed by atoms with Gasteiger partial charge in [-0.15, -0.1) is 24.2 Å². The van der Waals surface area contributed by atoms with Crippen molar-refractivity contribution in [3.8, 4) is 29.7 Å². The largest absolute Gasteiger partial charge is 0.309 e. The van der Waals surface area contributed by atoms with Crippen LogP contribution in [0.3, 0.4) is 0 Å². The maximum Gasteiger partial charge on any atom is 0.0541 e. The van der Waals surface area contributed by atoms with Gasteiger partial charge in [0.05, 0.1) is 11.0 Å². The summed E-state index contributed by atoms with van der Waals surface area (Å²) in [5, 5.41) is 4.05. The molecular formula is C54H51NS. The second-order valence-electron chi connectivity index (χ2n) is 15.9. The van der Waals surface area contributed by atoms with Crippen LogP contribution >= 0.6 is 11.3 Å². The van der Waals surface area contributed by atoms with Crippen LogP contribution in [0.4, 0.5) is 0 Å². The quantitative estimate of drug-likeness (QED) is 0.0870. The standard InChI is InChI=1S/C52H49NS.C2H2/c1-8-15-34(10-3)36-20-25-46-43(29-36)44-30-37(42(32(4)9-2)28-35-17-12-11-16-33(35)5)21-26-47(44)53(46)38-22-23-39-40-24-27-49-50(41-18-13-14-19-48(41)54-49)51(40)52(6,7)45(39)31-38;1-2/h8,10-13,15-18,20-32H,9,14,19H2,1-7H3;1-2H/b15-8-,34-10+,42-28+;. The molecule has 2 aliphatic rings. The molecule has 5 aromatic carbocycles. The third-order valence-electron chi connectivity index (χ3n) is 12.4. The predicted molar refractivity (Wildman–Crippen MR) is 248 cm³/mol. The number of allylic oxidation sites excluding steroid dienone is 6. The average Bonchev–Trinajstić information content (AvgIpc) is 3.84. The number of aryl methyl sites for hydroxylation is 2. The highest BCUT2D eigenvalue weighted by molar-refractivity contribution is 7.19. The topological polar surface area (TPSA) is 4.93 Å². The fourth-order valence-electron chi connectivity index (χ4n) is 9.32. The number of fused-ring (bicyclic) bond motifs is 10. The highest BCUT2D eigenvalue weighted by Gasteiger charge is 2.38. The molecule has 0 N–H and O–H groups in total. The molecule has 9 rings (SSSR count). The van der Waals surface area contributed by atoms with Gasteiger partial charge in [-0.05, 0) is 150 Å². The molecule has 0 aliphatic heterocycles. The second-order valence-corrected chi connectivity index (χ2v) is 17.0. The number of hydrogen-bond donors (Lipinski definition) is 0. The Morgan fingerprint density at radius 2 is 1.59 bits per heavy atom. The predicted octanol–water partition coefficient (Wildman–Crippen LogP) is 15.4. The van der Waals surface area contributed by atoms with E-state index in [1.54, 1.807) is 0 Å². The second kappa shape index (κ2) is 14.8. The zero-order valence-corrected chi connectivity index (χ0v) is 34.6. The van der Waals surface area contributed by atoms with Crippen LogP contribution < -0.4 is 0 Å². The summed E-state index contributed by atoms with van der Waals surface area (Å²) in [6.07, 6.45) is 25.1. The van der Waals surface area contributed by atoms with Gasteiger partial charge in [0.1, 0.15) is 0 Å². The van der Waals surface area contributed by atoms with Gasteiger partial charge in [0.2, 0.25) is 0 Å². The molecule has 1 atom stereocenters. The first-order valence-electron chi connectivity index (χ1n) is 20.1. The van der Waals surface area contributed by atoms with Crippen LogP contribution in [-0.4, -0.2) is 4.57 Å². The summed E-state index contributed by atoms with van der Waals surface area (Å²) in [6, 6.07) is 35.0. The highest BCUT2D eigenvalue weighted by Crippen LogP contribution is 2.54. The minimum Gasteiger partial charge on any atom is -0.309 e. The number of aromatic nitrogens is 1. The van der Waals surface area contributed by atoms with E-state index in [0.717, 1.165) is 19.3 Å². The number of benzene rings is 5. The molecule has 1 unspecified atom stereocenters. The van der Waals surface area contributed by atoms with Crippen LogP contribution in [-0.2, 0) is 11.8 Å². The first-order chi connectivity index (χ1) is 27.2. The molecule has 1 nitrogen and oxygen atoms in total. The van der Waals surface area contributed by atoms with Crippen LogP contribution in [0.1, 0.15) is 98.2 Å². The van der Waals surface area contributed by atoms with E-state index in [4.69, 9.17) is 0 Å². The van der Waals surface area contributed by atoms with Crippen molar-refractivity contribution in [2.45, 2.75) is 73.1 Å². The Labute approximate surface area is 337 Å². The maximum atomic E-state index is 4.00. The summed E-state index contributed by atoms with van der Waals surface area (Å²) in [6.45, 7) is 16.0. The number of terminal acetylenes is 1. The van der Waals surface area contributed by atoms with Gasteiger partial charge in [-0.1, -0.05) is 113 Å². The number of thiophene rings is 1. The average molecular weight is 746 g/mol. The van der Waals surface area contributed by atoms with Crippen molar-refractivity contribution in [2.75, 3.05) is 0 Å². The van der Waals surface area contributed by atoms with E-state index in [-0.39, 0.29) is 5.41 Å². The molecule has 0 saturated carbocycles. The Kier molecular flexibility index (Phi) is 9.86. The molecule has 2 aromatic heterocycles. The van der Waals surface area contributed by atoms with Gasteiger partial charge >= 0.3 is 0 Å². The summed E-state index contributed by atoms with van der Waals surface area (Å²) >= 11 is 2.00. The number of rotatable bonds is 7. The lowest BCUT2D eigenvalue weighted by atomic mass is 9.80. The van der Waals surface area contributed by atoms with Crippen molar-refractivity contribution in [3.63, 3.8) is 0 Å². The Morgan fingerprint density at radius 1 is 0.875 bits per heavy atom. The normalized spacial score (nSPS) is 15.2. The maximum absolute atomic E-state index is 4.00. The summed E-state index contributed by atoms with van der Waals surface area (Å²) < 4.78 is 3.94. The van der Waals surface area contributed by atoms with E-state index >= 15 is 0 Å². The molecule has 2 heteroatoms. The van der Waals surface area contributed by atoms with Crippen molar-refractivity contribution in [3.05, 3.63) is 159 Å². The van der Waals surface area contributed by atoms with Crippen molar-refractivity contribution < 1.29 is 0 Å². The van der Waals surface area contributed by atoms with E-state index in [9.17, 15) is 0 Å². The Bertz CT molecular complexity index is 2820.